The van der Waals surface area contributed by atoms with E-state index in [2.05, 4.69) is 15.0 Å². The zero-order valence-corrected chi connectivity index (χ0v) is 12.7. The van der Waals surface area contributed by atoms with Gasteiger partial charge in [0.15, 0.2) is 11.5 Å². The van der Waals surface area contributed by atoms with E-state index in [9.17, 15) is 13.2 Å². The first-order chi connectivity index (χ1) is 10.9. The van der Waals surface area contributed by atoms with Crippen LogP contribution in [0, 0.1) is 5.92 Å². The summed E-state index contributed by atoms with van der Waals surface area (Å²) in [5, 5.41) is 0. The van der Waals surface area contributed by atoms with E-state index in [1.54, 1.807) is 30.3 Å². The molecule has 0 radical (unpaired) electrons. The van der Waals surface area contributed by atoms with Crippen LogP contribution in [0.4, 0.5) is 19.0 Å². The van der Waals surface area contributed by atoms with Crippen molar-refractivity contribution >= 4 is 5.82 Å². The van der Waals surface area contributed by atoms with Crippen molar-refractivity contribution < 1.29 is 13.2 Å². The van der Waals surface area contributed by atoms with Crippen molar-refractivity contribution in [3.8, 4) is 11.4 Å². The van der Waals surface area contributed by atoms with Crippen LogP contribution in [0.5, 0.6) is 0 Å². The van der Waals surface area contributed by atoms with Crippen molar-refractivity contribution in [3.63, 3.8) is 0 Å². The first-order valence-corrected chi connectivity index (χ1v) is 7.51. The Hall–Kier alpha value is -2.18. The van der Waals surface area contributed by atoms with E-state index in [0.717, 1.165) is 12.5 Å². The molecule has 3 rings (SSSR count). The normalized spacial score (nSPS) is 14.8. The Balaban J connectivity index is 1.94. The summed E-state index contributed by atoms with van der Waals surface area (Å²) in [6.07, 6.45) is 1.91. The number of rotatable bonds is 5. The molecular weight excluding hydrogens is 305 g/mol. The quantitative estimate of drug-likeness (QED) is 0.840. The topological polar surface area (TPSA) is 41.9 Å². The van der Waals surface area contributed by atoms with E-state index < -0.39 is 11.9 Å². The van der Waals surface area contributed by atoms with E-state index in [4.69, 9.17) is 0 Å². The van der Waals surface area contributed by atoms with Gasteiger partial charge in [-0.2, -0.15) is 13.2 Å². The summed E-state index contributed by atoms with van der Waals surface area (Å²) >= 11 is 0. The maximum atomic E-state index is 13.1. The first-order valence-electron chi connectivity index (χ1n) is 7.51. The van der Waals surface area contributed by atoms with E-state index in [1.165, 1.54) is 19.0 Å². The van der Waals surface area contributed by atoms with Crippen molar-refractivity contribution in [3.05, 3.63) is 36.3 Å². The smallest absolute Gasteiger partial charge is 0.360 e. The predicted molar refractivity (Wildman–Crippen MR) is 80.9 cm³/mol. The van der Waals surface area contributed by atoms with E-state index in [-0.39, 0.29) is 11.6 Å². The number of alkyl halides is 3. The highest BCUT2D eigenvalue weighted by Crippen LogP contribution is 2.34. The molecule has 0 unspecified atom stereocenters. The Kier molecular flexibility index (Phi) is 4.19. The molecule has 1 saturated carbocycles. The van der Waals surface area contributed by atoms with Crippen LogP contribution in [0.3, 0.4) is 0 Å². The summed E-state index contributed by atoms with van der Waals surface area (Å²) in [6, 6.07) is 4.30. The monoisotopic (exact) mass is 322 g/mol. The van der Waals surface area contributed by atoms with Gasteiger partial charge in [-0.3, -0.25) is 4.98 Å². The number of aromatic nitrogens is 3. The number of hydrogen-bond donors (Lipinski definition) is 0. The predicted octanol–water partition coefficient (Wildman–Crippen LogP) is 3.79. The van der Waals surface area contributed by atoms with E-state index >= 15 is 0 Å². The fourth-order valence-corrected chi connectivity index (χ4v) is 2.30. The molecule has 2 aromatic heterocycles. The Labute approximate surface area is 132 Å². The molecule has 0 aromatic carbocycles. The molecule has 23 heavy (non-hydrogen) atoms. The van der Waals surface area contributed by atoms with Gasteiger partial charge in [-0.1, -0.05) is 12.8 Å². The fourth-order valence-electron chi connectivity index (χ4n) is 2.30. The highest BCUT2D eigenvalue weighted by molar-refractivity contribution is 5.56. The van der Waals surface area contributed by atoms with Gasteiger partial charge >= 0.3 is 6.18 Å². The third-order valence-electron chi connectivity index (χ3n) is 3.88. The molecule has 2 heterocycles. The zero-order chi connectivity index (χ0) is 16.4. The number of pyridine rings is 1. The lowest BCUT2D eigenvalue weighted by molar-refractivity contribution is -0.141. The van der Waals surface area contributed by atoms with Crippen LogP contribution in [0.15, 0.2) is 30.6 Å². The van der Waals surface area contributed by atoms with Crippen molar-refractivity contribution in [1.82, 2.24) is 15.0 Å². The van der Waals surface area contributed by atoms with Crippen LogP contribution in [0.25, 0.3) is 11.4 Å². The summed E-state index contributed by atoms with van der Waals surface area (Å²) in [4.78, 5) is 13.6. The average molecular weight is 322 g/mol. The second kappa shape index (κ2) is 6.14. The Morgan fingerprint density at radius 3 is 2.65 bits per heavy atom. The van der Waals surface area contributed by atoms with Gasteiger partial charge in [0.25, 0.3) is 0 Å². The van der Waals surface area contributed by atoms with Crippen LogP contribution in [-0.4, -0.2) is 28.5 Å². The van der Waals surface area contributed by atoms with Gasteiger partial charge in [0.05, 0.1) is 0 Å². The minimum absolute atomic E-state index is 0.0428. The summed E-state index contributed by atoms with van der Waals surface area (Å²) < 4.78 is 39.4. The van der Waals surface area contributed by atoms with Crippen LogP contribution in [0.2, 0.25) is 0 Å². The molecule has 0 spiro atoms. The molecule has 0 atom stereocenters. The Bertz CT molecular complexity index is 669. The lowest BCUT2D eigenvalue weighted by Gasteiger charge is -2.20. The number of halogens is 3. The Morgan fingerprint density at radius 2 is 2.04 bits per heavy atom. The van der Waals surface area contributed by atoms with E-state index in [1.807, 2.05) is 0 Å². The summed E-state index contributed by atoms with van der Waals surface area (Å²) in [5.41, 5.74) is -0.463. The molecule has 1 aliphatic carbocycles. The van der Waals surface area contributed by atoms with Gasteiger partial charge in [-0.25, -0.2) is 9.97 Å². The molecule has 4 nitrogen and oxygen atoms in total. The molecule has 1 fully saturated rings. The lowest BCUT2D eigenvalue weighted by atomic mass is 10.2. The summed E-state index contributed by atoms with van der Waals surface area (Å²) in [7, 11) is 1.76. The third-order valence-corrected chi connectivity index (χ3v) is 3.88. The van der Waals surface area contributed by atoms with Gasteiger partial charge < -0.3 is 4.90 Å². The number of anilines is 1. The molecule has 122 valence electrons. The number of hydrogen-bond acceptors (Lipinski definition) is 4. The molecule has 0 aliphatic heterocycles. The van der Waals surface area contributed by atoms with Crippen LogP contribution >= 0.6 is 0 Å². The van der Waals surface area contributed by atoms with Gasteiger partial charge in [0.2, 0.25) is 0 Å². The summed E-state index contributed by atoms with van der Waals surface area (Å²) in [5.74, 6) is 1.03. The molecule has 7 heteroatoms. The zero-order valence-electron chi connectivity index (χ0n) is 12.7. The van der Waals surface area contributed by atoms with Crippen molar-refractivity contribution in [2.24, 2.45) is 5.92 Å². The molecule has 0 saturated heterocycles. The molecule has 2 aromatic rings. The standard InChI is InChI=1S/C16H17F3N4/c1-23(8-6-11-4-5-11)14-9-13(16(17,18)19)21-15(22-14)12-3-2-7-20-10-12/h2-3,7,9-11H,4-6,8H2,1H3. The van der Waals surface area contributed by atoms with Crippen molar-refractivity contribution in [2.45, 2.75) is 25.4 Å². The first kappa shape index (κ1) is 15.7. The second-order valence-corrected chi connectivity index (χ2v) is 5.83. The fraction of sp³-hybridized carbons (Fsp3) is 0.438. The van der Waals surface area contributed by atoms with Crippen LogP contribution in [-0.2, 0) is 6.18 Å². The number of nitrogens with zero attached hydrogens (tertiary/aromatic N) is 4. The van der Waals surface area contributed by atoms with E-state index in [0.29, 0.717) is 18.0 Å². The second-order valence-electron chi connectivity index (χ2n) is 5.83. The highest BCUT2D eigenvalue weighted by Gasteiger charge is 2.34. The third kappa shape index (κ3) is 3.97. The average Bonchev–Trinajstić information content (AvgIpc) is 3.36. The SMILES string of the molecule is CN(CCC1CC1)c1cc(C(F)(F)F)nc(-c2cccnc2)n1. The maximum Gasteiger partial charge on any atom is 0.433 e. The minimum atomic E-state index is -4.51. The molecule has 1 aliphatic rings. The van der Waals surface area contributed by atoms with Crippen molar-refractivity contribution in [1.29, 1.82) is 0 Å². The van der Waals surface area contributed by atoms with Crippen LogP contribution in [0.1, 0.15) is 25.0 Å². The highest BCUT2D eigenvalue weighted by atomic mass is 19.4. The largest absolute Gasteiger partial charge is 0.433 e. The van der Waals surface area contributed by atoms with Gasteiger partial charge in [-0.05, 0) is 24.5 Å². The van der Waals surface area contributed by atoms with Gasteiger partial charge in [0.1, 0.15) is 5.82 Å². The summed E-state index contributed by atoms with van der Waals surface area (Å²) in [6.45, 7) is 0.686. The maximum absolute atomic E-state index is 13.1. The molecule has 0 bridgehead atoms. The lowest BCUT2D eigenvalue weighted by Crippen LogP contribution is -2.22. The molecular formula is C16H17F3N4. The molecule has 0 N–H and O–H groups in total. The van der Waals surface area contributed by atoms with Crippen LogP contribution < -0.4 is 4.90 Å². The van der Waals surface area contributed by atoms with Gasteiger partial charge in [0, 0.05) is 37.6 Å². The Morgan fingerprint density at radius 1 is 1.26 bits per heavy atom. The molecule has 0 amide bonds. The van der Waals surface area contributed by atoms with Gasteiger partial charge in [-0.15, -0.1) is 0 Å². The van der Waals surface area contributed by atoms with Crippen molar-refractivity contribution in [2.75, 3.05) is 18.5 Å². The minimum Gasteiger partial charge on any atom is -0.360 e.